The van der Waals surface area contributed by atoms with Crippen LogP contribution in [0.4, 0.5) is 0 Å². The van der Waals surface area contributed by atoms with Gasteiger partial charge in [0.1, 0.15) is 6.04 Å². The van der Waals surface area contributed by atoms with Gasteiger partial charge in [0.05, 0.1) is 4.90 Å². The van der Waals surface area contributed by atoms with Crippen molar-refractivity contribution in [2.45, 2.75) is 17.4 Å². The fourth-order valence-corrected chi connectivity index (χ4v) is 3.50. The summed E-state index contributed by atoms with van der Waals surface area (Å²) in [5, 5.41) is 19.1. The summed E-state index contributed by atoms with van der Waals surface area (Å²) in [4.78, 5) is 11.0. The van der Waals surface area contributed by atoms with Crippen LogP contribution in [0.2, 0.25) is 0 Å². The van der Waals surface area contributed by atoms with Gasteiger partial charge in [-0.05, 0) is 17.9 Å². The Bertz CT molecular complexity index is 752. The van der Waals surface area contributed by atoms with Gasteiger partial charge in [0, 0.05) is 12.0 Å². The SMILES string of the molecule is O=C(O)[C@@H](CCO)NS(=O)(=O)c1cccc2ccccc12. The van der Waals surface area contributed by atoms with E-state index in [0.29, 0.717) is 5.39 Å². The Morgan fingerprint density at radius 3 is 2.48 bits per heavy atom. The molecule has 0 aliphatic rings. The predicted molar refractivity (Wildman–Crippen MR) is 77.4 cm³/mol. The average Bonchev–Trinajstić information content (AvgIpc) is 2.46. The molecule has 0 aromatic heterocycles. The van der Waals surface area contributed by atoms with Gasteiger partial charge in [-0.3, -0.25) is 4.79 Å². The molecule has 3 N–H and O–H groups in total. The standard InChI is InChI=1S/C14H15NO5S/c16-9-8-12(14(17)18)15-21(19,20)13-7-3-5-10-4-1-2-6-11(10)13/h1-7,12,15-16H,8-9H2,(H,17,18)/t12-/m1/s1. The zero-order chi connectivity index (χ0) is 15.5. The number of carbonyl (C=O) groups is 1. The first-order chi connectivity index (χ1) is 9.95. The molecule has 21 heavy (non-hydrogen) atoms. The number of hydrogen-bond acceptors (Lipinski definition) is 4. The summed E-state index contributed by atoms with van der Waals surface area (Å²) in [6.45, 7) is -0.422. The molecule has 0 spiro atoms. The van der Waals surface area contributed by atoms with Crippen molar-refractivity contribution in [2.24, 2.45) is 0 Å². The Morgan fingerprint density at radius 2 is 1.81 bits per heavy atom. The minimum absolute atomic E-state index is 0.0183. The number of nitrogens with one attached hydrogen (secondary N) is 1. The summed E-state index contributed by atoms with van der Waals surface area (Å²) in [5.74, 6) is -1.33. The first kappa shape index (κ1) is 15.4. The molecule has 0 fully saturated rings. The molecular weight excluding hydrogens is 294 g/mol. The van der Waals surface area contributed by atoms with Crippen molar-refractivity contribution >= 4 is 26.8 Å². The van der Waals surface area contributed by atoms with E-state index >= 15 is 0 Å². The third-order valence-corrected chi connectivity index (χ3v) is 4.58. The van der Waals surface area contributed by atoms with Crippen molar-refractivity contribution in [3.8, 4) is 0 Å². The number of aliphatic hydroxyl groups excluding tert-OH is 1. The van der Waals surface area contributed by atoms with Crippen LogP contribution in [-0.2, 0) is 14.8 Å². The van der Waals surface area contributed by atoms with Crippen LogP contribution in [0.1, 0.15) is 6.42 Å². The fraction of sp³-hybridized carbons (Fsp3) is 0.214. The molecule has 112 valence electrons. The third-order valence-electron chi connectivity index (χ3n) is 3.05. The smallest absolute Gasteiger partial charge is 0.321 e. The van der Waals surface area contributed by atoms with E-state index in [2.05, 4.69) is 4.72 Å². The highest BCUT2D eigenvalue weighted by Gasteiger charge is 2.26. The number of rotatable bonds is 6. The maximum absolute atomic E-state index is 12.4. The van der Waals surface area contributed by atoms with Crippen LogP contribution in [0.5, 0.6) is 0 Å². The Kier molecular flexibility index (Phi) is 4.56. The van der Waals surface area contributed by atoms with Gasteiger partial charge in [-0.1, -0.05) is 36.4 Å². The summed E-state index contributed by atoms with van der Waals surface area (Å²) in [7, 11) is -4.00. The van der Waals surface area contributed by atoms with Gasteiger partial charge in [0.25, 0.3) is 0 Å². The Labute approximate surface area is 122 Å². The van der Waals surface area contributed by atoms with Crippen LogP contribution in [-0.4, -0.2) is 37.2 Å². The highest BCUT2D eigenvalue weighted by atomic mass is 32.2. The van der Waals surface area contributed by atoms with Gasteiger partial charge in [0.2, 0.25) is 10.0 Å². The fourth-order valence-electron chi connectivity index (χ4n) is 2.04. The number of sulfonamides is 1. The highest BCUT2D eigenvalue weighted by Crippen LogP contribution is 2.22. The molecule has 0 bridgehead atoms. The van der Waals surface area contributed by atoms with Gasteiger partial charge in [-0.15, -0.1) is 0 Å². The lowest BCUT2D eigenvalue weighted by Crippen LogP contribution is -2.41. The number of hydrogen-bond donors (Lipinski definition) is 3. The Morgan fingerprint density at radius 1 is 1.14 bits per heavy atom. The highest BCUT2D eigenvalue weighted by molar-refractivity contribution is 7.89. The first-order valence-electron chi connectivity index (χ1n) is 6.29. The van der Waals surface area contributed by atoms with Crippen molar-refractivity contribution in [3.63, 3.8) is 0 Å². The third kappa shape index (κ3) is 3.38. The molecule has 0 aliphatic heterocycles. The van der Waals surface area contributed by atoms with Crippen molar-refractivity contribution in [2.75, 3.05) is 6.61 Å². The maximum atomic E-state index is 12.4. The second-order valence-corrected chi connectivity index (χ2v) is 6.18. The molecule has 0 aliphatic carbocycles. The minimum Gasteiger partial charge on any atom is -0.480 e. The molecule has 0 heterocycles. The van der Waals surface area contributed by atoms with Crippen molar-refractivity contribution in [3.05, 3.63) is 42.5 Å². The Balaban J connectivity index is 2.44. The lowest BCUT2D eigenvalue weighted by atomic mass is 10.1. The van der Waals surface area contributed by atoms with E-state index in [1.807, 2.05) is 0 Å². The van der Waals surface area contributed by atoms with Crippen LogP contribution < -0.4 is 4.72 Å². The zero-order valence-corrected chi connectivity index (χ0v) is 11.9. The van der Waals surface area contributed by atoms with Crippen LogP contribution in [0.15, 0.2) is 47.4 Å². The van der Waals surface area contributed by atoms with Crippen molar-refractivity contribution < 1.29 is 23.4 Å². The minimum atomic E-state index is -4.00. The second kappa shape index (κ2) is 6.21. The molecular formula is C14H15NO5S. The number of aliphatic carboxylic acids is 1. The summed E-state index contributed by atoms with van der Waals surface area (Å²) in [6.07, 6.45) is -0.195. The summed E-state index contributed by atoms with van der Waals surface area (Å²) in [6, 6.07) is 10.4. The summed E-state index contributed by atoms with van der Waals surface area (Å²) >= 11 is 0. The van der Waals surface area contributed by atoms with Gasteiger partial charge in [-0.2, -0.15) is 4.72 Å². The van der Waals surface area contributed by atoms with Crippen molar-refractivity contribution in [1.82, 2.24) is 4.72 Å². The van der Waals surface area contributed by atoms with Crippen molar-refractivity contribution in [1.29, 1.82) is 0 Å². The number of benzene rings is 2. The van der Waals surface area contributed by atoms with E-state index < -0.39 is 28.6 Å². The van der Waals surface area contributed by atoms with E-state index in [-0.39, 0.29) is 11.3 Å². The molecule has 1 atom stereocenters. The molecule has 2 rings (SSSR count). The largest absolute Gasteiger partial charge is 0.480 e. The van der Waals surface area contributed by atoms with Gasteiger partial charge in [0.15, 0.2) is 0 Å². The molecule has 6 nitrogen and oxygen atoms in total. The van der Waals surface area contributed by atoms with Crippen LogP contribution in [0.3, 0.4) is 0 Å². The van der Waals surface area contributed by atoms with E-state index in [1.54, 1.807) is 36.4 Å². The average molecular weight is 309 g/mol. The predicted octanol–water partition coefficient (Wildman–Crippen LogP) is 0.954. The van der Waals surface area contributed by atoms with Crippen LogP contribution in [0, 0.1) is 0 Å². The number of carboxylic acid groups (broad SMARTS) is 1. The summed E-state index contributed by atoms with van der Waals surface area (Å²) < 4.78 is 26.9. The van der Waals surface area contributed by atoms with Crippen LogP contribution >= 0.6 is 0 Å². The second-order valence-electron chi connectivity index (χ2n) is 4.50. The number of aliphatic hydroxyl groups is 1. The van der Waals surface area contributed by atoms with E-state index in [4.69, 9.17) is 10.2 Å². The first-order valence-corrected chi connectivity index (χ1v) is 7.78. The Hall–Kier alpha value is -1.96. The lowest BCUT2D eigenvalue weighted by Gasteiger charge is -2.14. The molecule has 0 radical (unpaired) electrons. The number of fused-ring (bicyclic) bond motifs is 1. The number of carboxylic acids is 1. The molecule has 7 heteroatoms. The maximum Gasteiger partial charge on any atom is 0.321 e. The molecule has 0 amide bonds. The zero-order valence-electron chi connectivity index (χ0n) is 11.1. The molecule has 0 saturated heterocycles. The normalized spacial score (nSPS) is 13.2. The molecule has 2 aromatic rings. The van der Waals surface area contributed by atoms with Gasteiger partial charge in [-0.25, -0.2) is 8.42 Å². The molecule has 0 unspecified atom stereocenters. The van der Waals surface area contributed by atoms with E-state index in [1.165, 1.54) is 6.07 Å². The van der Waals surface area contributed by atoms with Gasteiger partial charge >= 0.3 is 5.97 Å². The quantitative estimate of drug-likeness (QED) is 0.737. The van der Waals surface area contributed by atoms with E-state index in [0.717, 1.165) is 5.39 Å². The van der Waals surface area contributed by atoms with Gasteiger partial charge < -0.3 is 10.2 Å². The van der Waals surface area contributed by atoms with Crippen LogP contribution in [0.25, 0.3) is 10.8 Å². The topological polar surface area (TPSA) is 104 Å². The molecule has 0 saturated carbocycles. The summed E-state index contributed by atoms with van der Waals surface area (Å²) in [5.41, 5.74) is 0. The lowest BCUT2D eigenvalue weighted by molar-refractivity contribution is -0.139. The monoisotopic (exact) mass is 309 g/mol. The molecule has 2 aromatic carbocycles. The van der Waals surface area contributed by atoms with E-state index in [9.17, 15) is 13.2 Å².